The summed E-state index contributed by atoms with van der Waals surface area (Å²) in [7, 11) is 0. The number of amides is 1. The zero-order valence-corrected chi connectivity index (χ0v) is 64.3. The molecule has 1 aliphatic rings. The average Bonchev–Trinajstić information content (AvgIpc) is 1.34. The van der Waals surface area contributed by atoms with Crippen molar-refractivity contribution in [3.63, 3.8) is 0 Å². The van der Waals surface area contributed by atoms with Crippen molar-refractivity contribution in [2.24, 2.45) is 0 Å². The number of aromatic nitrogens is 17. The molecule has 7 N–H and O–H groups in total. The molecule has 0 unspecified atom stereocenters. The first kappa shape index (κ1) is 79.1. The lowest BCUT2D eigenvalue weighted by atomic mass is 10.1. The molecule has 12 rings (SSSR count). The highest BCUT2D eigenvalue weighted by Crippen LogP contribution is 2.32. The molecule has 0 saturated heterocycles. The SMILES string of the molecule is CC(C)Nc1nc(C(C)C)cc2cncnc12.CC(C)Nc1nc(C(C)C)nc2c1NC(=O)C2.CC(C)Nc1nc(C(C)C)nc2cccnc12.CC(C)Nc1nc(C(C)C)nc2ccncc12.CC(C)Nc1nc(C(C)C)nc2cnccc12.CC(C)Nc1nc(C(C)C)nc2ncccc12. The summed E-state index contributed by atoms with van der Waals surface area (Å²) in [5.74, 6) is 11.1. The summed E-state index contributed by atoms with van der Waals surface area (Å²) in [6, 6.07) is 15.7. The van der Waals surface area contributed by atoms with E-state index in [4.69, 9.17) is 0 Å². The number of fused-ring (bicyclic) bond motifs is 6. The van der Waals surface area contributed by atoms with Crippen LogP contribution in [0, 0.1) is 0 Å². The van der Waals surface area contributed by atoms with Crippen LogP contribution in [0.25, 0.3) is 54.8 Å². The predicted octanol–water partition coefficient (Wildman–Crippen LogP) is 16.8. The van der Waals surface area contributed by atoms with Crippen LogP contribution in [0.2, 0.25) is 0 Å². The fraction of sp³-hybridized carbons (Fsp3) is 0.481. The van der Waals surface area contributed by atoms with Crippen molar-refractivity contribution in [1.82, 2.24) is 84.7 Å². The first-order valence-corrected chi connectivity index (χ1v) is 35.7. The maximum absolute atomic E-state index is 11.4. The van der Waals surface area contributed by atoms with Crippen LogP contribution in [0.15, 0.2) is 92.2 Å². The zero-order chi connectivity index (χ0) is 74.6. The van der Waals surface area contributed by atoms with Gasteiger partial charge in [-0.25, -0.2) is 69.8 Å². The van der Waals surface area contributed by atoms with Crippen molar-refractivity contribution < 1.29 is 4.79 Å². The molecular weight excluding hydrogens is 1280 g/mol. The molecule has 1 aliphatic heterocycles. The highest BCUT2D eigenvalue weighted by Gasteiger charge is 2.26. The van der Waals surface area contributed by atoms with Gasteiger partial charge in [-0.1, -0.05) is 83.1 Å². The van der Waals surface area contributed by atoms with Crippen LogP contribution < -0.4 is 37.2 Å². The second-order valence-corrected chi connectivity index (χ2v) is 28.8. The Kier molecular flexibility index (Phi) is 28.7. The molecule has 0 atom stereocenters. The van der Waals surface area contributed by atoms with Crippen LogP contribution in [-0.4, -0.2) is 127 Å². The third kappa shape index (κ3) is 22.7. The lowest BCUT2D eigenvalue weighted by molar-refractivity contribution is -0.115. The molecular formula is C77H108N24O. The van der Waals surface area contributed by atoms with E-state index in [1.807, 2.05) is 76.5 Å². The fourth-order valence-electron chi connectivity index (χ4n) is 9.96. The Morgan fingerprint density at radius 3 is 1.37 bits per heavy atom. The second kappa shape index (κ2) is 36.9. The van der Waals surface area contributed by atoms with Gasteiger partial charge in [-0.3, -0.25) is 19.7 Å². The van der Waals surface area contributed by atoms with Gasteiger partial charge < -0.3 is 37.2 Å². The summed E-state index contributed by atoms with van der Waals surface area (Å²) in [5.41, 5.74) is 7.84. The third-order valence-corrected chi connectivity index (χ3v) is 14.8. The quantitative estimate of drug-likeness (QED) is 0.0420. The predicted molar refractivity (Wildman–Crippen MR) is 418 cm³/mol. The fourth-order valence-corrected chi connectivity index (χ4v) is 9.96. The summed E-state index contributed by atoms with van der Waals surface area (Å²) in [5, 5.41) is 26.8. The van der Waals surface area contributed by atoms with Crippen molar-refractivity contribution in [2.75, 3.05) is 37.2 Å². The van der Waals surface area contributed by atoms with Gasteiger partial charge in [0.25, 0.3) is 0 Å². The second-order valence-electron chi connectivity index (χ2n) is 28.8. The number of anilines is 7. The summed E-state index contributed by atoms with van der Waals surface area (Å²) >= 11 is 0. The van der Waals surface area contributed by atoms with Crippen LogP contribution in [0.4, 0.5) is 40.6 Å². The maximum atomic E-state index is 11.4. The normalized spacial score (nSPS) is 11.9. The van der Waals surface area contributed by atoms with E-state index in [2.05, 4.69) is 266 Å². The van der Waals surface area contributed by atoms with Crippen molar-refractivity contribution in [3.8, 4) is 0 Å². The smallest absolute Gasteiger partial charge is 0.230 e. The van der Waals surface area contributed by atoms with Crippen molar-refractivity contribution in [3.05, 3.63) is 133 Å². The number of nitrogens with one attached hydrogen (secondary N) is 7. The molecule has 0 fully saturated rings. The van der Waals surface area contributed by atoms with E-state index < -0.39 is 0 Å². The van der Waals surface area contributed by atoms with Gasteiger partial charge in [0.1, 0.15) is 69.6 Å². The number of hydrogen-bond acceptors (Lipinski definition) is 24. The van der Waals surface area contributed by atoms with Crippen LogP contribution in [-0.2, 0) is 11.2 Å². The Morgan fingerprint density at radius 1 is 0.353 bits per heavy atom. The van der Waals surface area contributed by atoms with Crippen LogP contribution in [0.1, 0.15) is 242 Å². The minimum atomic E-state index is -0.0120. The molecule has 12 heterocycles. The monoisotopic (exact) mass is 1380 g/mol. The minimum Gasteiger partial charge on any atom is -0.367 e. The van der Waals surface area contributed by atoms with E-state index in [9.17, 15) is 4.79 Å². The number of rotatable bonds is 18. The Labute approximate surface area is 602 Å². The van der Waals surface area contributed by atoms with E-state index in [1.54, 1.807) is 37.3 Å². The average molecular weight is 1390 g/mol. The molecule has 1 amide bonds. The van der Waals surface area contributed by atoms with Crippen LogP contribution in [0.5, 0.6) is 0 Å². The molecule has 102 heavy (non-hydrogen) atoms. The van der Waals surface area contributed by atoms with Crippen molar-refractivity contribution in [2.45, 2.75) is 244 Å². The third-order valence-electron chi connectivity index (χ3n) is 14.8. The Bertz CT molecular complexity index is 3970. The Morgan fingerprint density at radius 2 is 0.804 bits per heavy atom. The number of carbonyl (C=O) groups is 1. The maximum Gasteiger partial charge on any atom is 0.230 e. The number of carbonyl (C=O) groups excluding carboxylic acids is 1. The van der Waals surface area contributed by atoms with Crippen molar-refractivity contribution in [1.29, 1.82) is 0 Å². The molecule has 0 bridgehead atoms. The zero-order valence-electron chi connectivity index (χ0n) is 64.3. The van der Waals surface area contributed by atoms with E-state index >= 15 is 0 Å². The number of nitrogens with zero attached hydrogens (tertiary/aromatic N) is 17. The number of pyridine rings is 5. The first-order chi connectivity index (χ1) is 48.3. The van der Waals surface area contributed by atoms with Crippen LogP contribution in [0.3, 0.4) is 0 Å². The molecule has 0 radical (unpaired) electrons. The lowest BCUT2D eigenvalue weighted by Gasteiger charge is -2.15. The van der Waals surface area contributed by atoms with Crippen LogP contribution >= 0.6 is 0 Å². The van der Waals surface area contributed by atoms with E-state index in [0.29, 0.717) is 66.2 Å². The molecule has 11 aromatic heterocycles. The molecule has 0 aliphatic carbocycles. The summed E-state index contributed by atoms with van der Waals surface area (Å²) < 4.78 is 0. The molecule has 0 saturated carbocycles. The topological polar surface area (TPSA) is 320 Å². The first-order valence-electron chi connectivity index (χ1n) is 35.7. The standard InChI is InChI=1S/5C13H18N4.C12H18N4O/c1-8(2)11-5-10-6-14-7-15-12(10)13(17-11)16-9(3)4;1-8(2)12-16-11-5-6-14-7-10(11)13(17-12)15-9(3)4;1-8(2)12-16-11-7-14-6-5-10(11)13(17-12)15-9(3)4;1-8(2)12-16-10-6-5-7-14-11(10)13(17-12)15-9(3)4;1-8(2)11-16-12-10(6-5-7-14-12)13(17-11)15-9(3)4;1-6(2)11-14-8-5-9(17)15-10(8)12(16-11)13-7(3)4/h5-9H,1-4H3,(H,16,17);3*5-9H,1-4H3,(H,15,16,17);5-9H,1-4H3,(H,14,15,16,17);6-7H,5H2,1-4H3,(H,15,17)(H,13,14,16). The Balaban J connectivity index is 0.000000172. The molecule has 25 nitrogen and oxygen atoms in total. The van der Waals surface area contributed by atoms with E-state index in [1.165, 1.54) is 0 Å². The lowest BCUT2D eigenvalue weighted by Crippen LogP contribution is -2.15. The van der Waals surface area contributed by atoms with Gasteiger partial charge in [-0.15, -0.1) is 0 Å². The van der Waals surface area contributed by atoms with Gasteiger partial charge in [0.05, 0.1) is 45.6 Å². The molecule has 0 aromatic carbocycles. The summed E-state index contributed by atoms with van der Waals surface area (Å²) in [6.45, 7) is 50.2. The summed E-state index contributed by atoms with van der Waals surface area (Å²) in [4.78, 5) is 86.6. The van der Waals surface area contributed by atoms with E-state index in [-0.39, 0.29) is 17.9 Å². The molecule has 11 aromatic rings. The Hall–Kier alpha value is -10.2. The van der Waals surface area contributed by atoms with Gasteiger partial charge in [0.15, 0.2) is 23.1 Å². The van der Waals surface area contributed by atoms with Gasteiger partial charge in [-0.2, -0.15) is 0 Å². The minimum absolute atomic E-state index is 0.0120. The molecule has 542 valence electrons. The van der Waals surface area contributed by atoms with Gasteiger partial charge in [-0.05, 0) is 131 Å². The number of hydrogen-bond donors (Lipinski definition) is 7. The highest BCUT2D eigenvalue weighted by atomic mass is 16.1. The van der Waals surface area contributed by atoms with Gasteiger partial charge >= 0.3 is 0 Å². The van der Waals surface area contributed by atoms with E-state index in [0.717, 1.165) is 136 Å². The molecule has 0 spiro atoms. The largest absolute Gasteiger partial charge is 0.367 e. The van der Waals surface area contributed by atoms with Gasteiger partial charge in [0, 0.05) is 119 Å². The summed E-state index contributed by atoms with van der Waals surface area (Å²) in [6.07, 6.45) is 14.4. The van der Waals surface area contributed by atoms with Crippen molar-refractivity contribution >= 4 is 101 Å². The highest BCUT2D eigenvalue weighted by molar-refractivity contribution is 6.01. The van der Waals surface area contributed by atoms with Gasteiger partial charge in [0.2, 0.25) is 5.91 Å². The molecule has 25 heteroatoms.